The van der Waals surface area contributed by atoms with Crippen LogP contribution < -0.4 is 5.32 Å². The van der Waals surface area contributed by atoms with Crippen molar-refractivity contribution in [1.29, 1.82) is 0 Å². The Morgan fingerprint density at radius 2 is 1.94 bits per heavy atom. The van der Waals surface area contributed by atoms with Crippen LogP contribution in [0.1, 0.15) is 25.0 Å². The molecule has 2 N–H and O–H groups in total. The molecule has 0 aliphatic heterocycles. The predicted octanol–water partition coefficient (Wildman–Crippen LogP) is 2.58. The summed E-state index contributed by atoms with van der Waals surface area (Å²) in [4.78, 5) is 21.5. The molecule has 18 heavy (non-hydrogen) atoms. The van der Waals surface area contributed by atoms with Crippen molar-refractivity contribution in [2.45, 2.75) is 32.2 Å². The smallest absolute Gasteiger partial charge is 0.314 e. The summed E-state index contributed by atoms with van der Waals surface area (Å²) in [5, 5.41) is 10.8. The Balaban J connectivity index is 2.78. The van der Waals surface area contributed by atoms with Crippen LogP contribution in [0, 0.1) is 0 Å². The third kappa shape index (κ3) is 5.19. The molecule has 0 unspecified atom stereocenters. The van der Waals surface area contributed by atoms with Crippen LogP contribution in [0.3, 0.4) is 0 Å². The third-order valence-corrected chi connectivity index (χ3v) is 2.52. The molecule has 0 radical (unpaired) electrons. The van der Waals surface area contributed by atoms with Gasteiger partial charge in [0, 0.05) is 5.54 Å². The van der Waals surface area contributed by atoms with Crippen LogP contribution in [0.15, 0.2) is 24.3 Å². The summed E-state index contributed by atoms with van der Waals surface area (Å²) in [6.07, 6.45) is 0.578. The average Bonchev–Trinajstić information content (AvgIpc) is 2.13. The molecule has 0 atom stereocenters. The number of carbonyl (C=O) groups is 2. The van der Waals surface area contributed by atoms with Crippen molar-refractivity contribution in [1.82, 2.24) is 5.32 Å². The van der Waals surface area contributed by atoms with E-state index in [1.165, 1.54) is 0 Å². The molecule has 0 bridgehead atoms. The number of hydrogen-bond acceptors (Lipinski definition) is 2. The van der Waals surface area contributed by atoms with Crippen molar-refractivity contribution in [2.75, 3.05) is 0 Å². The zero-order valence-electron chi connectivity index (χ0n) is 10.4. The normalized spacial score (nSPS) is 11.1. The van der Waals surface area contributed by atoms with Crippen molar-refractivity contribution >= 4 is 22.9 Å². The number of nitrogens with one attached hydrogen (secondary N) is 1. The Labute approximate surface area is 111 Å². The highest BCUT2D eigenvalue weighted by atomic mass is 35.5. The first-order valence-electron chi connectivity index (χ1n) is 5.56. The van der Waals surface area contributed by atoms with Gasteiger partial charge >= 0.3 is 11.3 Å². The van der Waals surface area contributed by atoms with Gasteiger partial charge in [-0.25, -0.2) is 0 Å². The number of carboxylic acids is 1. The number of rotatable bonds is 5. The number of benzene rings is 1. The van der Waals surface area contributed by atoms with Gasteiger partial charge in [0.25, 0.3) is 0 Å². The molecule has 0 aliphatic rings. The molecule has 1 aromatic carbocycles. The molecule has 0 saturated heterocycles. The van der Waals surface area contributed by atoms with Crippen LogP contribution in [0.4, 0.5) is 4.79 Å². The van der Waals surface area contributed by atoms with Gasteiger partial charge in [-0.15, -0.1) is 0 Å². The number of carbonyl (C=O) groups excluding carboxylic acids is 1. The summed E-state index contributed by atoms with van der Waals surface area (Å²) >= 11 is 5.30. The molecule has 1 amide bonds. The Hall–Kier alpha value is -1.55. The van der Waals surface area contributed by atoms with E-state index >= 15 is 0 Å². The van der Waals surface area contributed by atoms with E-state index in [9.17, 15) is 9.59 Å². The lowest BCUT2D eigenvalue weighted by Crippen LogP contribution is -2.42. The highest BCUT2D eigenvalue weighted by Gasteiger charge is 2.20. The maximum atomic E-state index is 10.8. The molecule has 5 heteroatoms. The first-order valence-corrected chi connectivity index (χ1v) is 5.93. The van der Waals surface area contributed by atoms with Gasteiger partial charge in [-0.1, -0.05) is 24.3 Å². The second kappa shape index (κ2) is 5.87. The largest absolute Gasteiger partial charge is 0.481 e. The van der Waals surface area contributed by atoms with Crippen molar-refractivity contribution in [2.24, 2.45) is 0 Å². The molecule has 0 heterocycles. The van der Waals surface area contributed by atoms with Gasteiger partial charge in [0.1, 0.15) is 0 Å². The Morgan fingerprint density at radius 1 is 1.33 bits per heavy atom. The maximum absolute atomic E-state index is 10.8. The quantitative estimate of drug-likeness (QED) is 0.638. The van der Waals surface area contributed by atoms with Gasteiger partial charge in [-0.05, 0) is 43.0 Å². The molecule has 0 spiro atoms. The molecular formula is C13H16ClNO3. The zero-order valence-corrected chi connectivity index (χ0v) is 11.1. The second-order valence-electron chi connectivity index (χ2n) is 4.85. The van der Waals surface area contributed by atoms with Gasteiger partial charge in [0.05, 0.1) is 6.42 Å². The van der Waals surface area contributed by atoms with E-state index in [0.717, 1.165) is 11.1 Å². The lowest BCUT2D eigenvalue weighted by Gasteiger charge is -2.25. The molecule has 0 aromatic heterocycles. The van der Waals surface area contributed by atoms with Gasteiger partial charge in [0.15, 0.2) is 0 Å². The average molecular weight is 270 g/mol. The van der Waals surface area contributed by atoms with Crippen molar-refractivity contribution in [3.05, 3.63) is 35.4 Å². The van der Waals surface area contributed by atoms with Crippen LogP contribution in [0.5, 0.6) is 0 Å². The van der Waals surface area contributed by atoms with E-state index in [-0.39, 0.29) is 6.42 Å². The fourth-order valence-corrected chi connectivity index (χ4v) is 2.10. The highest BCUT2D eigenvalue weighted by molar-refractivity contribution is 6.63. The first-order chi connectivity index (χ1) is 8.28. The summed E-state index contributed by atoms with van der Waals surface area (Å²) in [5.74, 6) is -0.861. The fourth-order valence-electron chi connectivity index (χ4n) is 1.84. The minimum absolute atomic E-state index is 0.00384. The standard InChI is InChI=1S/C13H16ClNO3/c1-13(2,15-12(14)18)8-10-5-3-4-9(6-10)7-11(16)17/h3-6H,7-8H2,1-2H3,(H,15,18)(H,16,17). The molecule has 1 aromatic rings. The van der Waals surface area contributed by atoms with E-state index in [0.29, 0.717) is 6.42 Å². The second-order valence-corrected chi connectivity index (χ2v) is 5.19. The molecular weight excluding hydrogens is 254 g/mol. The topological polar surface area (TPSA) is 66.4 Å². The number of halogens is 1. The van der Waals surface area contributed by atoms with Crippen LogP contribution in [0.2, 0.25) is 0 Å². The van der Waals surface area contributed by atoms with Crippen LogP contribution >= 0.6 is 11.6 Å². The Kier molecular flexibility index (Phi) is 4.73. The summed E-state index contributed by atoms with van der Waals surface area (Å²) in [6.45, 7) is 3.72. The molecule has 0 fully saturated rings. The van der Waals surface area contributed by atoms with E-state index in [1.807, 2.05) is 32.0 Å². The van der Waals surface area contributed by atoms with Crippen LogP contribution in [0.25, 0.3) is 0 Å². The minimum atomic E-state index is -0.861. The monoisotopic (exact) mass is 269 g/mol. The third-order valence-electron chi connectivity index (χ3n) is 2.43. The van der Waals surface area contributed by atoms with E-state index in [4.69, 9.17) is 16.7 Å². The summed E-state index contributed by atoms with van der Waals surface area (Å²) in [6, 6.07) is 7.31. The lowest BCUT2D eigenvalue weighted by atomic mass is 9.94. The predicted molar refractivity (Wildman–Crippen MR) is 69.9 cm³/mol. The fraction of sp³-hybridized carbons (Fsp3) is 0.385. The number of carboxylic acid groups (broad SMARTS) is 1. The Bertz CT molecular complexity index is 457. The molecule has 0 aliphatic carbocycles. The van der Waals surface area contributed by atoms with E-state index in [1.54, 1.807) is 6.07 Å². The highest BCUT2D eigenvalue weighted by Crippen LogP contribution is 2.15. The number of hydrogen-bond donors (Lipinski definition) is 2. The first kappa shape index (κ1) is 14.5. The Morgan fingerprint density at radius 3 is 2.50 bits per heavy atom. The van der Waals surface area contributed by atoms with Gasteiger partial charge in [-0.2, -0.15) is 0 Å². The van der Waals surface area contributed by atoms with E-state index < -0.39 is 16.9 Å². The number of amides is 1. The van der Waals surface area contributed by atoms with Crippen molar-refractivity contribution in [3.63, 3.8) is 0 Å². The maximum Gasteiger partial charge on any atom is 0.314 e. The van der Waals surface area contributed by atoms with Gasteiger partial charge < -0.3 is 10.4 Å². The van der Waals surface area contributed by atoms with Gasteiger partial charge in [-0.3, -0.25) is 9.59 Å². The zero-order chi connectivity index (χ0) is 13.8. The molecule has 0 saturated carbocycles. The number of aliphatic carboxylic acids is 1. The summed E-state index contributed by atoms with van der Waals surface area (Å²) in [7, 11) is 0. The molecule has 98 valence electrons. The molecule has 1 rings (SSSR count). The lowest BCUT2D eigenvalue weighted by molar-refractivity contribution is -0.136. The van der Waals surface area contributed by atoms with Crippen molar-refractivity contribution in [3.8, 4) is 0 Å². The SMILES string of the molecule is CC(C)(Cc1cccc(CC(=O)O)c1)NC(=O)Cl. The van der Waals surface area contributed by atoms with Crippen LogP contribution in [-0.2, 0) is 17.6 Å². The van der Waals surface area contributed by atoms with E-state index in [2.05, 4.69) is 5.32 Å². The van der Waals surface area contributed by atoms with Crippen LogP contribution in [-0.4, -0.2) is 22.0 Å². The summed E-state index contributed by atoms with van der Waals surface area (Å²) in [5.41, 5.74) is 1.23. The minimum Gasteiger partial charge on any atom is -0.481 e. The summed E-state index contributed by atoms with van der Waals surface area (Å²) < 4.78 is 0. The van der Waals surface area contributed by atoms with Gasteiger partial charge in [0.2, 0.25) is 0 Å². The molecule has 4 nitrogen and oxygen atoms in total. The van der Waals surface area contributed by atoms with Crippen molar-refractivity contribution < 1.29 is 14.7 Å².